The van der Waals surface area contributed by atoms with Crippen LogP contribution in [0.1, 0.15) is 12.0 Å². The molecule has 0 radical (unpaired) electrons. The minimum absolute atomic E-state index is 0.297. The molecule has 21 heavy (non-hydrogen) atoms. The highest BCUT2D eigenvalue weighted by atomic mass is 19.3. The van der Waals surface area contributed by atoms with Gasteiger partial charge in [-0.15, -0.1) is 0 Å². The molecule has 1 aliphatic rings. The van der Waals surface area contributed by atoms with Crippen LogP contribution in [0, 0.1) is 5.82 Å². The van der Waals surface area contributed by atoms with Gasteiger partial charge in [0, 0.05) is 6.42 Å². The summed E-state index contributed by atoms with van der Waals surface area (Å²) in [7, 11) is 0. The second kappa shape index (κ2) is 5.00. The number of benzene rings is 1. The van der Waals surface area contributed by atoms with Crippen molar-refractivity contribution < 1.29 is 32.6 Å². The summed E-state index contributed by atoms with van der Waals surface area (Å²) in [4.78, 5) is 11.4. The maximum atomic E-state index is 13.4. The summed E-state index contributed by atoms with van der Waals surface area (Å²) in [5, 5.41) is 19.5. The predicted octanol–water partition coefficient (Wildman–Crippen LogP) is 2.92. The van der Waals surface area contributed by atoms with Crippen molar-refractivity contribution in [2.75, 3.05) is 0 Å². The standard InChI is InChI=1S/C14H10F4O3/c15-10-4-1-8(2-5-10)14(21,12(19)20)9-3-6-11(16)13(17,18)7-9/h1-6,21H,7H2,(H,19,20). The summed E-state index contributed by atoms with van der Waals surface area (Å²) in [6.07, 6.45) is -0.0734. The molecule has 0 fully saturated rings. The third kappa shape index (κ3) is 2.56. The lowest BCUT2D eigenvalue weighted by molar-refractivity contribution is -0.156. The van der Waals surface area contributed by atoms with Crippen LogP contribution in [0.15, 0.2) is 47.8 Å². The van der Waals surface area contributed by atoms with E-state index in [4.69, 9.17) is 0 Å². The molecule has 1 atom stereocenters. The SMILES string of the molecule is O=C(O)C(O)(C1=CC=C(F)C(F)(F)C1)c1ccc(F)cc1. The molecule has 0 aromatic heterocycles. The van der Waals surface area contributed by atoms with E-state index in [0.717, 1.165) is 30.3 Å². The average molecular weight is 302 g/mol. The van der Waals surface area contributed by atoms with Crippen LogP contribution in [0.2, 0.25) is 0 Å². The van der Waals surface area contributed by atoms with Crippen LogP contribution in [-0.4, -0.2) is 22.1 Å². The number of halogens is 4. The summed E-state index contributed by atoms with van der Waals surface area (Å²) in [6.45, 7) is 0. The second-order valence-electron chi connectivity index (χ2n) is 4.61. The van der Waals surface area contributed by atoms with Crippen LogP contribution < -0.4 is 0 Å². The Labute approximate surface area is 116 Å². The number of allylic oxidation sites excluding steroid dienone is 3. The van der Waals surface area contributed by atoms with Gasteiger partial charge in [0.2, 0.25) is 5.60 Å². The van der Waals surface area contributed by atoms with Crippen LogP contribution in [0.4, 0.5) is 17.6 Å². The molecule has 112 valence electrons. The van der Waals surface area contributed by atoms with E-state index in [-0.39, 0.29) is 5.56 Å². The van der Waals surface area contributed by atoms with E-state index in [1.165, 1.54) is 0 Å². The maximum absolute atomic E-state index is 13.4. The lowest BCUT2D eigenvalue weighted by Crippen LogP contribution is -2.40. The first-order valence-electron chi connectivity index (χ1n) is 5.85. The van der Waals surface area contributed by atoms with Crippen LogP contribution in [0.25, 0.3) is 0 Å². The van der Waals surface area contributed by atoms with Gasteiger partial charge in [0.15, 0.2) is 5.83 Å². The lowest BCUT2D eigenvalue weighted by atomic mass is 9.81. The molecule has 1 aromatic carbocycles. The Morgan fingerprint density at radius 2 is 1.71 bits per heavy atom. The van der Waals surface area contributed by atoms with Crippen molar-refractivity contribution >= 4 is 5.97 Å². The van der Waals surface area contributed by atoms with Crippen LogP contribution >= 0.6 is 0 Å². The zero-order chi connectivity index (χ0) is 15.8. The number of aliphatic carboxylic acids is 1. The van der Waals surface area contributed by atoms with E-state index in [1.54, 1.807) is 0 Å². The van der Waals surface area contributed by atoms with Crippen molar-refractivity contribution in [1.29, 1.82) is 0 Å². The van der Waals surface area contributed by atoms with Gasteiger partial charge >= 0.3 is 11.9 Å². The molecular weight excluding hydrogens is 292 g/mol. The Hall–Kier alpha value is -2.15. The number of hydrogen-bond acceptors (Lipinski definition) is 2. The fourth-order valence-electron chi connectivity index (χ4n) is 2.06. The first-order chi connectivity index (χ1) is 9.68. The van der Waals surface area contributed by atoms with Gasteiger partial charge in [-0.2, -0.15) is 8.78 Å². The van der Waals surface area contributed by atoms with Crippen LogP contribution in [0.3, 0.4) is 0 Å². The highest BCUT2D eigenvalue weighted by Crippen LogP contribution is 2.42. The average Bonchev–Trinajstić information content (AvgIpc) is 2.41. The highest BCUT2D eigenvalue weighted by Gasteiger charge is 2.49. The molecule has 2 N–H and O–H groups in total. The smallest absolute Gasteiger partial charge is 0.344 e. The zero-order valence-corrected chi connectivity index (χ0v) is 10.5. The van der Waals surface area contributed by atoms with Gasteiger partial charge in [-0.25, -0.2) is 13.6 Å². The maximum Gasteiger partial charge on any atom is 0.344 e. The largest absolute Gasteiger partial charge is 0.479 e. The van der Waals surface area contributed by atoms with Crippen molar-refractivity contribution in [1.82, 2.24) is 0 Å². The molecule has 7 heteroatoms. The predicted molar refractivity (Wildman–Crippen MR) is 64.8 cm³/mol. The number of hydrogen-bond donors (Lipinski definition) is 2. The van der Waals surface area contributed by atoms with Gasteiger partial charge in [-0.3, -0.25) is 0 Å². The first-order valence-corrected chi connectivity index (χ1v) is 5.85. The molecule has 0 amide bonds. The fraction of sp³-hybridized carbons (Fsp3) is 0.214. The molecule has 0 saturated heterocycles. The fourth-order valence-corrected chi connectivity index (χ4v) is 2.06. The molecule has 0 bridgehead atoms. The van der Waals surface area contributed by atoms with E-state index in [2.05, 4.69) is 0 Å². The molecule has 0 aliphatic heterocycles. The number of rotatable bonds is 3. The third-order valence-corrected chi connectivity index (χ3v) is 3.23. The molecule has 3 nitrogen and oxygen atoms in total. The van der Waals surface area contributed by atoms with Crippen molar-refractivity contribution in [3.05, 3.63) is 59.2 Å². The van der Waals surface area contributed by atoms with Crippen LogP contribution in [-0.2, 0) is 10.4 Å². The van der Waals surface area contributed by atoms with Gasteiger partial charge in [-0.1, -0.05) is 18.2 Å². The second-order valence-corrected chi connectivity index (χ2v) is 4.61. The molecule has 2 rings (SSSR count). The van der Waals surface area contributed by atoms with Crippen LogP contribution in [0.5, 0.6) is 0 Å². The summed E-state index contributed by atoms with van der Waals surface area (Å²) < 4.78 is 52.6. The minimum atomic E-state index is -3.90. The zero-order valence-electron chi connectivity index (χ0n) is 10.5. The van der Waals surface area contributed by atoms with Crippen molar-refractivity contribution in [3.8, 4) is 0 Å². The third-order valence-electron chi connectivity index (χ3n) is 3.23. The van der Waals surface area contributed by atoms with E-state index in [1.807, 2.05) is 0 Å². The number of carboxylic acids is 1. The molecular formula is C14H10F4O3. The van der Waals surface area contributed by atoms with Gasteiger partial charge in [0.05, 0.1) is 0 Å². The Morgan fingerprint density at radius 3 is 2.19 bits per heavy atom. The van der Waals surface area contributed by atoms with Crippen molar-refractivity contribution in [3.63, 3.8) is 0 Å². The topological polar surface area (TPSA) is 57.5 Å². The van der Waals surface area contributed by atoms with Crippen molar-refractivity contribution in [2.24, 2.45) is 0 Å². The first kappa shape index (κ1) is 15.2. The monoisotopic (exact) mass is 302 g/mol. The molecule has 1 aromatic rings. The number of alkyl halides is 2. The van der Waals surface area contributed by atoms with Gasteiger partial charge in [0.25, 0.3) is 0 Å². The van der Waals surface area contributed by atoms with Gasteiger partial charge < -0.3 is 10.2 Å². The van der Waals surface area contributed by atoms with E-state index in [9.17, 15) is 32.6 Å². The minimum Gasteiger partial charge on any atom is -0.479 e. The summed E-state index contributed by atoms with van der Waals surface area (Å²) in [6, 6.07) is 3.72. The van der Waals surface area contributed by atoms with E-state index in [0.29, 0.717) is 6.08 Å². The number of aliphatic hydroxyl groups is 1. The summed E-state index contributed by atoms with van der Waals surface area (Å²) >= 11 is 0. The highest BCUT2D eigenvalue weighted by molar-refractivity contribution is 5.83. The number of carboxylic acid groups (broad SMARTS) is 1. The lowest BCUT2D eigenvalue weighted by Gasteiger charge is -2.31. The Kier molecular flexibility index (Phi) is 3.63. The summed E-state index contributed by atoms with van der Waals surface area (Å²) in [5.74, 6) is -8.10. The molecule has 0 heterocycles. The van der Waals surface area contributed by atoms with E-state index >= 15 is 0 Å². The number of carbonyl (C=O) groups is 1. The van der Waals surface area contributed by atoms with Gasteiger partial charge in [-0.05, 0) is 29.3 Å². The van der Waals surface area contributed by atoms with Gasteiger partial charge in [0.1, 0.15) is 5.82 Å². The Morgan fingerprint density at radius 1 is 1.14 bits per heavy atom. The Bertz CT molecular complexity index is 634. The molecule has 1 aliphatic carbocycles. The normalized spacial score (nSPS) is 20.2. The summed E-state index contributed by atoms with van der Waals surface area (Å²) in [5.41, 5.74) is -3.67. The van der Waals surface area contributed by atoms with E-state index < -0.39 is 41.1 Å². The molecule has 0 spiro atoms. The van der Waals surface area contributed by atoms with Crippen molar-refractivity contribution in [2.45, 2.75) is 17.9 Å². The molecule has 0 saturated carbocycles. The quantitative estimate of drug-likeness (QED) is 0.844. The molecule has 1 unspecified atom stereocenters. The Balaban J connectivity index is 2.54.